The second-order valence-corrected chi connectivity index (χ2v) is 3.54. The lowest BCUT2D eigenvalue weighted by molar-refractivity contribution is 0.962. The van der Waals surface area contributed by atoms with Gasteiger partial charge in [0.15, 0.2) is 0 Å². The van der Waals surface area contributed by atoms with E-state index in [1.54, 1.807) is 0 Å². The number of rotatable bonds is 1. The molecule has 0 aliphatic heterocycles. The van der Waals surface area contributed by atoms with Gasteiger partial charge in [-0.15, -0.1) is 0 Å². The summed E-state index contributed by atoms with van der Waals surface area (Å²) in [4.78, 5) is 2.14. The molecule has 2 aromatic rings. The molecule has 2 nitrogen and oxygen atoms in total. The Hall–Kier alpha value is -1.44. The fourth-order valence-electron chi connectivity index (χ4n) is 1.70. The van der Waals surface area contributed by atoms with Crippen LogP contribution in [0.3, 0.4) is 0 Å². The van der Waals surface area contributed by atoms with Crippen LogP contribution in [-0.2, 0) is 7.05 Å². The van der Waals surface area contributed by atoms with Gasteiger partial charge >= 0.3 is 0 Å². The van der Waals surface area contributed by atoms with Crippen LogP contribution >= 0.6 is 0 Å². The quantitative estimate of drug-likeness (QED) is 0.643. The lowest BCUT2D eigenvalue weighted by atomic mass is 10.2. The Morgan fingerprint density at radius 1 is 1.15 bits per heavy atom. The molecule has 1 aromatic carbocycles. The fraction of sp³-hybridized carbons (Fsp3) is 0.273. The highest BCUT2D eigenvalue weighted by atomic mass is 15.1. The summed E-state index contributed by atoms with van der Waals surface area (Å²) in [6.07, 6.45) is 2.09. The molecule has 0 amide bonds. The van der Waals surface area contributed by atoms with E-state index in [0.717, 1.165) is 0 Å². The molecule has 0 atom stereocenters. The van der Waals surface area contributed by atoms with Crippen molar-refractivity contribution < 1.29 is 0 Å². The third kappa shape index (κ3) is 1.18. The van der Waals surface area contributed by atoms with Crippen molar-refractivity contribution in [3.8, 4) is 0 Å². The summed E-state index contributed by atoms with van der Waals surface area (Å²) in [6, 6.07) is 8.52. The predicted octanol–water partition coefficient (Wildman–Crippen LogP) is 2.24. The highest BCUT2D eigenvalue weighted by molar-refractivity contribution is 5.91. The van der Waals surface area contributed by atoms with Crippen molar-refractivity contribution in [1.82, 2.24) is 4.57 Å². The third-order valence-electron chi connectivity index (χ3n) is 2.36. The largest absolute Gasteiger partial charge is 0.376 e. The highest BCUT2D eigenvalue weighted by Crippen LogP contribution is 2.25. The molecule has 1 aromatic heterocycles. The van der Waals surface area contributed by atoms with E-state index < -0.39 is 0 Å². The molecule has 1 heterocycles. The van der Waals surface area contributed by atoms with Crippen molar-refractivity contribution >= 4 is 16.6 Å². The Labute approximate surface area is 78.4 Å². The number of aromatic nitrogens is 1. The monoisotopic (exact) mass is 174 g/mol. The number of anilines is 1. The minimum absolute atomic E-state index is 1.27. The van der Waals surface area contributed by atoms with Crippen molar-refractivity contribution in [2.45, 2.75) is 0 Å². The zero-order valence-corrected chi connectivity index (χ0v) is 8.28. The molecule has 0 radical (unpaired) electrons. The fourth-order valence-corrected chi connectivity index (χ4v) is 1.70. The number of nitrogens with zero attached hydrogens (tertiary/aromatic N) is 2. The van der Waals surface area contributed by atoms with Crippen LogP contribution in [-0.4, -0.2) is 18.7 Å². The summed E-state index contributed by atoms with van der Waals surface area (Å²) in [7, 11) is 6.22. The Balaban J connectivity index is 2.80. The average Bonchev–Trinajstić information content (AvgIpc) is 2.48. The third-order valence-corrected chi connectivity index (χ3v) is 2.36. The van der Waals surface area contributed by atoms with Gasteiger partial charge in [-0.2, -0.15) is 0 Å². The van der Waals surface area contributed by atoms with Crippen LogP contribution in [0.25, 0.3) is 10.9 Å². The van der Waals surface area contributed by atoms with E-state index in [1.165, 1.54) is 16.6 Å². The van der Waals surface area contributed by atoms with Gasteiger partial charge in [0.1, 0.15) is 0 Å². The maximum absolute atomic E-state index is 2.16. The van der Waals surface area contributed by atoms with Crippen LogP contribution in [0.1, 0.15) is 0 Å². The van der Waals surface area contributed by atoms with Crippen molar-refractivity contribution in [2.24, 2.45) is 7.05 Å². The van der Waals surface area contributed by atoms with Crippen molar-refractivity contribution in [3.05, 3.63) is 30.5 Å². The molecule has 2 rings (SSSR count). The molecular weight excluding hydrogens is 160 g/mol. The van der Waals surface area contributed by atoms with Gasteiger partial charge in [0.25, 0.3) is 0 Å². The first-order valence-corrected chi connectivity index (χ1v) is 4.41. The Morgan fingerprint density at radius 2 is 1.92 bits per heavy atom. The van der Waals surface area contributed by atoms with Gasteiger partial charge in [-0.1, -0.05) is 12.1 Å². The van der Waals surface area contributed by atoms with Crippen LogP contribution < -0.4 is 4.90 Å². The van der Waals surface area contributed by atoms with E-state index in [4.69, 9.17) is 0 Å². The zero-order chi connectivity index (χ0) is 9.42. The molecule has 0 saturated heterocycles. The molecule has 13 heavy (non-hydrogen) atoms. The summed E-state index contributed by atoms with van der Waals surface area (Å²) in [6.45, 7) is 0. The number of hydrogen-bond donors (Lipinski definition) is 0. The summed E-state index contributed by atoms with van der Waals surface area (Å²) in [5.74, 6) is 0. The SMILES string of the molecule is CN(C)c1cccc2ccn(C)c12. The van der Waals surface area contributed by atoms with Gasteiger partial charge in [0.05, 0.1) is 11.2 Å². The van der Waals surface area contributed by atoms with Gasteiger partial charge in [-0.05, 0) is 12.1 Å². The molecule has 68 valence electrons. The van der Waals surface area contributed by atoms with Gasteiger partial charge in [-0.3, -0.25) is 0 Å². The highest BCUT2D eigenvalue weighted by Gasteiger charge is 2.04. The van der Waals surface area contributed by atoms with Crippen molar-refractivity contribution in [1.29, 1.82) is 0 Å². The summed E-state index contributed by atoms with van der Waals surface area (Å²) in [5, 5.41) is 1.30. The maximum Gasteiger partial charge on any atom is 0.0715 e. The molecule has 0 fully saturated rings. The summed E-state index contributed by atoms with van der Waals surface area (Å²) in [5.41, 5.74) is 2.57. The smallest absolute Gasteiger partial charge is 0.0715 e. The van der Waals surface area contributed by atoms with Crippen LogP contribution in [0.15, 0.2) is 30.5 Å². The molecular formula is C11H14N2. The lowest BCUT2D eigenvalue weighted by Crippen LogP contribution is -2.09. The zero-order valence-electron chi connectivity index (χ0n) is 8.28. The topological polar surface area (TPSA) is 8.17 Å². The second-order valence-electron chi connectivity index (χ2n) is 3.54. The first-order valence-electron chi connectivity index (χ1n) is 4.41. The first kappa shape index (κ1) is 8.17. The number of benzene rings is 1. The van der Waals surface area contributed by atoms with Gasteiger partial charge < -0.3 is 9.47 Å². The number of aryl methyl sites for hydroxylation is 1. The van der Waals surface area contributed by atoms with Gasteiger partial charge in [0, 0.05) is 32.7 Å². The first-order chi connectivity index (χ1) is 6.20. The van der Waals surface area contributed by atoms with Gasteiger partial charge in [-0.25, -0.2) is 0 Å². The van der Waals surface area contributed by atoms with Crippen LogP contribution in [0, 0.1) is 0 Å². The molecule has 0 bridgehead atoms. The second kappa shape index (κ2) is 2.80. The maximum atomic E-state index is 2.16. The predicted molar refractivity (Wildman–Crippen MR) is 57.2 cm³/mol. The molecule has 0 saturated carbocycles. The van der Waals surface area contributed by atoms with Crippen LogP contribution in [0.4, 0.5) is 5.69 Å². The molecule has 0 aliphatic rings. The van der Waals surface area contributed by atoms with Crippen LogP contribution in [0.5, 0.6) is 0 Å². The molecule has 0 aliphatic carbocycles. The molecule has 2 heteroatoms. The average molecular weight is 174 g/mol. The summed E-state index contributed by atoms with van der Waals surface area (Å²) >= 11 is 0. The summed E-state index contributed by atoms with van der Waals surface area (Å²) < 4.78 is 2.16. The van der Waals surface area contributed by atoms with Crippen molar-refractivity contribution in [2.75, 3.05) is 19.0 Å². The number of para-hydroxylation sites is 1. The minimum Gasteiger partial charge on any atom is -0.376 e. The number of hydrogen-bond acceptors (Lipinski definition) is 1. The Kier molecular flexibility index (Phi) is 1.76. The Bertz CT molecular complexity index is 427. The molecule has 0 unspecified atom stereocenters. The van der Waals surface area contributed by atoms with Crippen molar-refractivity contribution in [3.63, 3.8) is 0 Å². The van der Waals surface area contributed by atoms with E-state index in [1.807, 2.05) is 0 Å². The standard InChI is InChI=1S/C11H14N2/c1-12(2)10-6-4-5-9-7-8-13(3)11(9)10/h4-8H,1-3H3. The molecule has 0 N–H and O–H groups in total. The van der Waals surface area contributed by atoms with Crippen LogP contribution in [0.2, 0.25) is 0 Å². The number of fused-ring (bicyclic) bond motifs is 1. The van der Waals surface area contributed by atoms with Gasteiger partial charge in [0.2, 0.25) is 0 Å². The van der Waals surface area contributed by atoms with E-state index in [0.29, 0.717) is 0 Å². The normalized spacial score (nSPS) is 10.7. The van der Waals surface area contributed by atoms with E-state index >= 15 is 0 Å². The van der Waals surface area contributed by atoms with E-state index in [2.05, 4.69) is 61.1 Å². The van der Waals surface area contributed by atoms with E-state index in [9.17, 15) is 0 Å². The van der Waals surface area contributed by atoms with E-state index in [-0.39, 0.29) is 0 Å². The Morgan fingerprint density at radius 3 is 2.62 bits per heavy atom. The minimum atomic E-state index is 1.27. The molecule has 0 spiro atoms. The lowest BCUT2D eigenvalue weighted by Gasteiger charge is -2.14.